The zero-order chi connectivity index (χ0) is 18.3. The minimum absolute atomic E-state index is 0.0712. The SMILES string of the molecule is C[C@@H]1CN(S(=O)(=O)C2CCC(C(F)(F)F)CC2)C[C@@]2(CCCOC2)O1. The Morgan fingerprint density at radius 2 is 1.84 bits per heavy atom. The van der Waals surface area contributed by atoms with Crippen molar-refractivity contribution < 1.29 is 31.1 Å². The van der Waals surface area contributed by atoms with Crippen LogP contribution in [0.1, 0.15) is 45.4 Å². The fourth-order valence-electron chi connectivity index (χ4n) is 4.31. The van der Waals surface area contributed by atoms with Gasteiger partial charge in [-0.2, -0.15) is 17.5 Å². The number of nitrogens with zero attached hydrogens (tertiary/aromatic N) is 1. The molecule has 1 aliphatic carbocycles. The van der Waals surface area contributed by atoms with Crippen molar-refractivity contribution in [2.75, 3.05) is 26.3 Å². The molecule has 2 saturated heterocycles. The van der Waals surface area contributed by atoms with Crippen molar-refractivity contribution in [3.63, 3.8) is 0 Å². The van der Waals surface area contributed by atoms with Crippen molar-refractivity contribution in [3.8, 4) is 0 Å². The normalized spacial score (nSPS) is 38.8. The Morgan fingerprint density at radius 3 is 2.40 bits per heavy atom. The molecule has 0 radical (unpaired) electrons. The van der Waals surface area contributed by atoms with Crippen LogP contribution in [0, 0.1) is 5.92 Å². The minimum Gasteiger partial charge on any atom is -0.378 e. The van der Waals surface area contributed by atoms with E-state index in [0.29, 0.717) is 13.2 Å². The van der Waals surface area contributed by atoms with Crippen LogP contribution in [-0.2, 0) is 19.5 Å². The van der Waals surface area contributed by atoms with Crippen LogP contribution in [0.2, 0.25) is 0 Å². The van der Waals surface area contributed by atoms with Gasteiger partial charge in [-0.15, -0.1) is 0 Å². The highest BCUT2D eigenvalue weighted by Crippen LogP contribution is 2.40. The predicted molar refractivity (Wildman–Crippen MR) is 85.6 cm³/mol. The van der Waals surface area contributed by atoms with E-state index in [-0.39, 0.29) is 44.9 Å². The van der Waals surface area contributed by atoms with E-state index in [2.05, 4.69) is 0 Å². The van der Waals surface area contributed by atoms with Crippen LogP contribution in [0.15, 0.2) is 0 Å². The van der Waals surface area contributed by atoms with Gasteiger partial charge in [-0.1, -0.05) is 0 Å². The Labute approximate surface area is 146 Å². The molecular weight excluding hydrogens is 359 g/mol. The van der Waals surface area contributed by atoms with E-state index in [1.54, 1.807) is 0 Å². The van der Waals surface area contributed by atoms with E-state index in [4.69, 9.17) is 9.47 Å². The highest BCUT2D eigenvalue weighted by atomic mass is 32.2. The fraction of sp³-hybridized carbons (Fsp3) is 1.00. The number of hydrogen-bond donors (Lipinski definition) is 0. The van der Waals surface area contributed by atoms with Crippen LogP contribution in [0.4, 0.5) is 13.2 Å². The second-order valence-electron chi connectivity index (χ2n) is 7.62. The third-order valence-corrected chi connectivity index (χ3v) is 7.89. The molecule has 146 valence electrons. The van der Waals surface area contributed by atoms with Crippen molar-refractivity contribution in [2.45, 2.75) is 68.6 Å². The molecule has 3 fully saturated rings. The number of rotatable bonds is 2. The van der Waals surface area contributed by atoms with Crippen LogP contribution >= 0.6 is 0 Å². The van der Waals surface area contributed by atoms with Crippen LogP contribution < -0.4 is 0 Å². The lowest BCUT2D eigenvalue weighted by molar-refractivity contribution is -0.184. The molecule has 0 N–H and O–H groups in total. The lowest BCUT2D eigenvalue weighted by Gasteiger charge is -2.47. The van der Waals surface area contributed by atoms with Crippen molar-refractivity contribution >= 4 is 10.0 Å². The number of morpholine rings is 1. The molecule has 9 heteroatoms. The van der Waals surface area contributed by atoms with Crippen LogP contribution in [0.3, 0.4) is 0 Å². The third kappa shape index (κ3) is 4.14. The van der Waals surface area contributed by atoms with Crippen molar-refractivity contribution in [3.05, 3.63) is 0 Å². The van der Waals surface area contributed by atoms with E-state index < -0.39 is 33.0 Å². The lowest BCUT2D eigenvalue weighted by Crippen LogP contribution is -2.61. The molecule has 0 unspecified atom stereocenters. The van der Waals surface area contributed by atoms with Gasteiger partial charge in [0, 0.05) is 19.7 Å². The first-order valence-electron chi connectivity index (χ1n) is 8.94. The summed E-state index contributed by atoms with van der Waals surface area (Å²) in [6, 6.07) is 0. The summed E-state index contributed by atoms with van der Waals surface area (Å²) in [6.45, 7) is 3.33. The molecular formula is C16H26F3NO4S. The summed E-state index contributed by atoms with van der Waals surface area (Å²) in [6.07, 6.45) is -3.00. The van der Waals surface area contributed by atoms with Gasteiger partial charge in [-0.05, 0) is 45.4 Å². The molecule has 2 atom stereocenters. The summed E-state index contributed by atoms with van der Waals surface area (Å²) in [7, 11) is -3.63. The van der Waals surface area contributed by atoms with Gasteiger partial charge in [0.2, 0.25) is 10.0 Å². The maximum Gasteiger partial charge on any atom is 0.391 e. The lowest BCUT2D eigenvalue weighted by atomic mass is 9.88. The number of ether oxygens (including phenoxy) is 2. The topological polar surface area (TPSA) is 55.8 Å². The van der Waals surface area contributed by atoms with Crippen LogP contribution in [0.5, 0.6) is 0 Å². The Bertz CT molecular complexity index is 566. The Hall–Kier alpha value is -0.380. The molecule has 0 aromatic rings. The predicted octanol–water partition coefficient (Wildman–Crippen LogP) is 2.71. The van der Waals surface area contributed by atoms with Crippen molar-refractivity contribution in [1.82, 2.24) is 4.31 Å². The fourth-order valence-corrected chi connectivity index (χ4v) is 6.43. The summed E-state index contributed by atoms with van der Waals surface area (Å²) in [5.74, 6) is -1.37. The monoisotopic (exact) mass is 385 g/mol. The summed E-state index contributed by atoms with van der Waals surface area (Å²) >= 11 is 0. The van der Waals surface area contributed by atoms with Crippen molar-refractivity contribution in [1.29, 1.82) is 0 Å². The van der Waals surface area contributed by atoms with Gasteiger partial charge in [0.15, 0.2) is 0 Å². The minimum atomic E-state index is -4.23. The average molecular weight is 385 g/mol. The summed E-state index contributed by atoms with van der Waals surface area (Å²) in [5.41, 5.74) is -0.619. The highest BCUT2D eigenvalue weighted by molar-refractivity contribution is 7.89. The van der Waals surface area contributed by atoms with Gasteiger partial charge in [0.05, 0.1) is 23.9 Å². The number of sulfonamides is 1. The molecule has 2 aliphatic heterocycles. The van der Waals surface area contributed by atoms with Gasteiger partial charge < -0.3 is 9.47 Å². The molecule has 3 aliphatic rings. The standard InChI is InChI=1S/C16H26F3NO4S/c1-12-9-20(10-15(24-12)7-2-8-23-11-15)25(21,22)14-5-3-13(4-6-14)16(17,18)19/h12-14H,2-11H2,1H3/t12-,13?,14?,15-/m1/s1. The quantitative estimate of drug-likeness (QED) is 0.733. The molecule has 2 heterocycles. The van der Waals surface area contributed by atoms with E-state index in [1.165, 1.54) is 4.31 Å². The van der Waals surface area contributed by atoms with Gasteiger partial charge in [0.1, 0.15) is 5.60 Å². The average Bonchev–Trinajstić information content (AvgIpc) is 2.54. The zero-order valence-corrected chi connectivity index (χ0v) is 15.2. The van der Waals surface area contributed by atoms with Gasteiger partial charge in [-0.3, -0.25) is 0 Å². The van der Waals surface area contributed by atoms with E-state index in [9.17, 15) is 21.6 Å². The van der Waals surface area contributed by atoms with Gasteiger partial charge >= 0.3 is 6.18 Å². The first-order chi connectivity index (χ1) is 11.6. The molecule has 25 heavy (non-hydrogen) atoms. The zero-order valence-electron chi connectivity index (χ0n) is 14.4. The highest BCUT2D eigenvalue weighted by Gasteiger charge is 2.48. The first kappa shape index (κ1) is 19.4. The largest absolute Gasteiger partial charge is 0.391 e. The Morgan fingerprint density at radius 1 is 1.16 bits per heavy atom. The molecule has 0 aromatic carbocycles. The molecule has 0 aromatic heterocycles. The second kappa shape index (κ2) is 6.98. The maximum atomic E-state index is 13.0. The molecule has 0 amide bonds. The first-order valence-corrected chi connectivity index (χ1v) is 10.4. The molecule has 3 rings (SSSR count). The molecule has 5 nitrogen and oxygen atoms in total. The summed E-state index contributed by atoms with van der Waals surface area (Å²) in [4.78, 5) is 0. The maximum absolute atomic E-state index is 13.0. The Kier molecular flexibility index (Phi) is 5.41. The summed E-state index contributed by atoms with van der Waals surface area (Å²) in [5, 5.41) is -0.724. The molecule has 0 bridgehead atoms. The summed E-state index contributed by atoms with van der Waals surface area (Å²) < 4.78 is 77.4. The van der Waals surface area contributed by atoms with E-state index >= 15 is 0 Å². The number of alkyl halides is 3. The van der Waals surface area contributed by atoms with Gasteiger partial charge in [0.25, 0.3) is 0 Å². The Balaban J connectivity index is 1.69. The van der Waals surface area contributed by atoms with E-state index in [1.807, 2.05) is 6.92 Å². The number of halogens is 3. The number of hydrogen-bond acceptors (Lipinski definition) is 4. The smallest absolute Gasteiger partial charge is 0.378 e. The van der Waals surface area contributed by atoms with Crippen LogP contribution in [-0.4, -0.2) is 62.2 Å². The second-order valence-corrected chi connectivity index (χ2v) is 9.83. The van der Waals surface area contributed by atoms with Crippen molar-refractivity contribution in [2.24, 2.45) is 5.92 Å². The van der Waals surface area contributed by atoms with Crippen LogP contribution in [0.25, 0.3) is 0 Å². The van der Waals surface area contributed by atoms with Gasteiger partial charge in [-0.25, -0.2) is 8.42 Å². The molecule has 1 saturated carbocycles. The van der Waals surface area contributed by atoms with E-state index in [0.717, 1.165) is 12.8 Å². The molecule has 1 spiro atoms. The third-order valence-electron chi connectivity index (χ3n) is 5.58.